The second-order valence-corrected chi connectivity index (χ2v) is 6.86. The van der Waals surface area contributed by atoms with Gasteiger partial charge in [0.15, 0.2) is 5.96 Å². The Morgan fingerprint density at radius 1 is 1.25 bits per heavy atom. The average molecular weight is 400 g/mol. The fourth-order valence-electron chi connectivity index (χ4n) is 3.62. The maximum Gasteiger partial charge on any atom is 0.573 e. The van der Waals surface area contributed by atoms with E-state index < -0.39 is 6.36 Å². The van der Waals surface area contributed by atoms with Gasteiger partial charge < -0.3 is 19.7 Å². The van der Waals surface area contributed by atoms with Crippen molar-refractivity contribution >= 4 is 5.96 Å². The second-order valence-electron chi connectivity index (χ2n) is 6.86. The van der Waals surface area contributed by atoms with Crippen LogP contribution in [0, 0.1) is 0 Å². The number of guanidine groups is 1. The predicted octanol–water partition coefficient (Wildman–Crippen LogP) is 2.46. The van der Waals surface area contributed by atoms with E-state index in [1.54, 1.807) is 12.1 Å². The van der Waals surface area contributed by atoms with E-state index in [9.17, 15) is 13.2 Å². The van der Waals surface area contributed by atoms with Crippen molar-refractivity contribution in [1.82, 2.24) is 15.1 Å². The van der Waals surface area contributed by atoms with E-state index in [0.717, 1.165) is 51.8 Å². The molecule has 2 saturated heterocycles. The van der Waals surface area contributed by atoms with Gasteiger partial charge in [-0.05, 0) is 19.4 Å². The van der Waals surface area contributed by atoms with Crippen LogP contribution < -0.4 is 10.1 Å². The Balaban J connectivity index is 1.67. The zero-order valence-corrected chi connectivity index (χ0v) is 16.0. The molecule has 0 aromatic heterocycles. The van der Waals surface area contributed by atoms with E-state index in [1.165, 1.54) is 12.1 Å². The molecule has 1 atom stereocenters. The first-order chi connectivity index (χ1) is 13.5. The van der Waals surface area contributed by atoms with E-state index in [1.807, 2.05) is 6.92 Å². The standard InChI is InChI=1S/C19H27F3N4O2/c1-2-23-18(26-8-7-16(14-26)25-9-11-27-12-10-25)24-13-15-5-3-4-6-17(15)28-19(20,21)22/h3-6,16H,2,7-14H2,1H3,(H,23,24). The highest BCUT2D eigenvalue weighted by Crippen LogP contribution is 2.27. The smallest absolute Gasteiger partial charge is 0.405 e. The maximum absolute atomic E-state index is 12.6. The summed E-state index contributed by atoms with van der Waals surface area (Å²) in [7, 11) is 0. The number of rotatable bonds is 5. The van der Waals surface area contributed by atoms with Crippen LogP contribution in [0.3, 0.4) is 0 Å². The summed E-state index contributed by atoms with van der Waals surface area (Å²) >= 11 is 0. The summed E-state index contributed by atoms with van der Waals surface area (Å²) in [6.45, 7) is 7.92. The summed E-state index contributed by atoms with van der Waals surface area (Å²) in [6, 6.07) is 6.58. The van der Waals surface area contributed by atoms with Crippen molar-refractivity contribution in [2.45, 2.75) is 32.3 Å². The molecule has 9 heteroatoms. The topological polar surface area (TPSA) is 49.3 Å². The molecule has 0 saturated carbocycles. The minimum absolute atomic E-state index is 0.118. The number of halogens is 3. The van der Waals surface area contributed by atoms with Crippen molar-refractivity contribution in [3.63, 3.8) is 0 Å². The summed E-state index contributed by atoms with van der Waals surface area (Å²) in [4.78, 5) is 9.20. The number of nitrogens with one attached hydrogen (secondary N) is 1. The van der Waals surface area contributed by atoms with Gasteiger partial charge in [-0.3, -0.25) is 4.90 Å². The fraction of sp³-hybridized carbons (Fsp3) is 0.632. The first-order valence-electron chi connectivity index (χ1n) is 9.65. The number of morpholine rings is 1. The number of para-hydroxylation sites is 1. The third kappa shape index (κ3) is 5.75. The lowest BCUT2D eigenvalue weighted by atomic mass is 10.2. The van der Waals surface area contributed by atoms with Crippen LogP contribution in [0.15, 0.2) is 29.3 Å². The summed E-state index contributed by atoms with van der Waals surface area (Å²) in [5, 5.41) is 3.26. The number of hydrogen-bond donors (Lipinski definition) is 1. The van der Waals surface area contributed by atoms with Gasteiger partial charge in [0.1, 0.15) is 5.75 Å². The molecule has 1 unspecified atom stereocenters. The third-order valence-corrected chi connectivity index (χ3v) is 4.96. The molecule has 2 fully saturated rings. The molecule has 0 radical (unpaired) electrons. The van der Waals surface area contributed by atoms with Gasteiger partial charge in [-0.1, -0.05) is 18.2 Å². The Kier molecular flexibility index (Phi) is 7.01. The van der Waals surface area contributed by atoms with Gasteiger partial charge in [0.2, 0.25) is 0 Å². The molecule has 3 rings (SSSR count). The van der Waals surface area contributed by atoms with Gasteiger partial charge in [-0.15, -0.1) is 13.2 Å². The van der Waals surface area contributed by atoms with E-state index >= 15 is 0 Å². The molecule has 28 heavy (non-hydrogen) atoms. The van der Waals surface area contributed by atoms with Crippen LogP contribution in [0.5, 0.6) is 5.75 Å². The van der Waals surface area contributed by atoms with Gasteiger partial charge in [-0.25, -0.2) is 4.99 Å². The number of aliphatic imine (C=N–C) groups is 1. The quantitative estimate of drug-likeness (QED) is 0.608. The van der Waals surface area contributed by atoms with Crippen LogP contribution in [0.1, 0.15) is 18.9 Å². The van der Waals surface area contributed by atoms with Crippen molar-refractivity contribution in [3.05, 3.63) is 29.8 Å². The highest BCUT2D eigenvalue weighted by molar-refractivity contribution is 5.80. The predicted molar refractivity (Wildman–Crippen MR) is 100 cm³/mol. The Bertz CT molecular complexity index is 663. The Hall–Kier alpha value is -2.00. The van der Waals surface area contributed by atoms with Gasteiger partial charge in [0.05, 0.1) is 19.8 Å². The van der Waals surface area contributed by atoms with Gasteiger partial charge in [0, 0.05) is 44.3 Å². The first-order valence-corrected chi connectivity index (χ1v) is 9.65. The number of alkyl halides is 3. The number of benzene rings is 1. The lowest BCUT2D eigenvalue weighted by Gasteiger charge is -2.32. The van der Waals surface area contributed by atoms with Gasteiger partial charge in [0.25, 0.3) is 0 Å². The maximum atomic E-state index is 12.6. The molecule has 0 spiro atoms. The second kappa shape index (κ2) is 9.47. The van der Waals surface area contributed by atoms with Crippen molar-refractivity contribution in [2.75, 3.05) is 45.9 Å². The van der Waals surface area contributed by atoms with E-state index in [2.05, 4.69) is 24.8 Å². The number of hydrogen-bond acceptors (Lipinski definition) is 4. The zero-order valence-electron chi connectivity index (χ0n) is 16.0. The van der Waals surface area contributed by atoms with Crippen LogP contribution in [-0.2, 0) is 11.3 Å². The molecule has 1 aromatic carbocycles. The summed E-state index contributed by atoms with van der Waals surface area (Å²) in [5.74, 6) is 0.516. The molecule has 6 nitrogen and oxygen atoms in total. The van der Waals surface area contributed by atoms with E-state index in [-0.39, 0.29) is 12.3 Å². The number of likely N-dealkylation sites (tertiary alicyclic amines) is 1. The average Bonchev–Trinajstić information content (AvgIpc) is 3.16. The van der Waals surface area contributed by atoms with E-state index in [4.69, 9.17) is 4.74 Å². The molecule has 2 aliphatic heterocycles. The van der Waals surface area contributed by atoms with Crippen LogP contribution in [0.4, 0.5) is 13.2 Å². The number of ether oxygens (including phenoxy) is 2. The molecule has 1 aromatic rings. The molecule has 0 amide bonds. The van der Waals surface area contributed by atoms with Crippen molar-refractivity contribution < 1.29 is 22.6 Å². The van der Waals surface area contributed by atoms with Gasteiger partial charge >= 0.3 is 6.36 Å². The summed E-state index contributed by atoms with van der Waals surface area (Å²) in [5.41, 5.74) is 0.402. The lowest BCUT2D eigenvalue weighted by molar-refractivity contribution is -0.274. The fourth-order valence-corrected chi connectivity index (χ4v) is 3.62. The largest absolute Gasteiger partial charge is 0.573 e. The van der Waals surface area contributed by atoms with Crippen molar-refractivity contribution in [1.29, 1.82) is 0 Å². The first kappa shape index (κ1) is 20.7. The molecule has 2 heterocycles. The van der Waals surface area contributed by atoms with Gasteiger partial charge in [-0.2, -0.15) is 0 Å². The SMILES string of the molecule is CCNC(=NCc1ccccc1OC(F)(F)F)N1CCC(N2CCOCC2)C1. The molecule has 156 valence electrons. The van der Waals surface area contributed by atoms with Crippen LogP contribution >= 0.6 is 0 Å². The highest BCUT2D eigenvalue weighted by atomic mass is 19.4. The Morgan fingerprint density at radius 3 is 2.71 bits per heavy atom. The Labute approximate surface area is 163 Å². The van der Waals surface area contributed by atoms with Crippen LogP contribution in [-0.4, -0.2) is 74.1 Å². The molecule has 0 bridgehead atoms. The zero-order chi connectivity index (χ0) is 20.0. The summed E-state index contributed by atoms with van der Waals surface area (Å²) < 4.78 is 47.4. The van der Waals surface area contributed by atoms with E-state index in [0.29, 0.717) is 18.2 Å². The van der Waals surface area contributed by atoms with Crippen molar-refractivity contribution in [2.24, 2.45) is 4.99 Å². The molecule has 0 aliphatic carbocycles. The minimum Gasteiger partial charge on any atom is -0.405 e. The van der Waals surface area contributed by atoms with Crippen LogP contribution in [0.2, 0.25) is 0 Å². The highest BCUT2D eigenvalue weighted by Gasteiger charge is 2.32. The molecular formula is C19H27F3N4O2. The molecule has 2 aliphatic rings. The third-order valence-electron chi connectivity index (χ3n) is 4.96. The summed E-state index contributed by atoms with van der Waals surface area (Å²) in [6.07, 6.45) is -3.68. The van der Waals surface area contributed by atoms with Crippen LogP contribution in [0.25, 0.3) is 0 Å². The molecule has 1 N–H and O–H groups in total. The van der Waals surface area contributed by atoms with Crippen molar-refractivity contribution in [3.8, 4) is 5.75 Å². The lowest BCUT2D eigenvalue weighted by Crippen LogP contribution is -2.46. The normalized spacial score (nSPS) is 21.8. The monoisotopic (exact) mass is 400 g/mol. The molecular weight excluding hydrogens is 373 g/mol. The number of nitrogens with zero attached hydrogens (tertiary/aromatic N) is 3. The Morgan fingerprint density at radius 2 is 2.00 bits per heavy atom. The minimum atomic E-state index is -4.72.